The molecule has 56 valence electrons. The van der Waals surface area contributed by atoms with E-state index in [-0.39, 0.29) is 5.75 Å². The van der Waals surface area contributed by atoms with Crippen molar-refractivity contribution in [1.82, 2.24) is 4.98 Å². The fraction of sp³-hybridized carbons (Fsp3) is 0.125. The van der Waals surface area contributed by atoms with E-state index in [0.717, 1.165) is 0 Å². The van der Waals surface area contributed by atoms with Crippen LogP contribution in [0.15, 0.2) is 12.3 Å². The number of ether oxygens (including phenoxy) is 1. The highest BCUT2D eigenvalue weighted by Gasteiger charge is 2.06. The highest BCUT2D eigenvalue weighted by molar-refractivity contribution is 5.43. The summed E-state index contributed by atoms with van der Waals surface area (Å²) in [5, 5.41) is 0. The Labute approximate surface area is 64.0 Å². The minimum absolute atomic E-state index is 0.0231. The molecule has 0 unspecified atom stereocenters. The topological polar surface area (TPSA) is 22.1 Å². The molecule has 3 heteroatoms. The van der Waals surface area contributed by atoms with Gasteiger partial charge in [-0.25, -0.2) is 4.98 Å². The lowest BCUT2D eigenvalue weighted by atomic mass is 10.2. The van der Waals surface area contributed by atoms with E-state index >= 15 is 0 Å². The summed E-state index contributed by atoms with van der Waals surface area (Å²) in [7, 11) is 1.35. The Balaban J connectivity index is 3.27. The third kappa shape index (κ3) is 1.30. The summed E-state index contributed by atoms with van der Waals surface area (Å²) in [6.07, 6.45) is 6.37. The minimum Gasteiger partial charge on any atom is -0.491 e. The largest absolute Gasteiger partial charge is 0.491 e. The van der Waals surface area contributed by atoms with Crippen molar-refractivity contribution in [2.75, 3.05) is 7.11 Å². The summed E-state index contributed by atoms with van der Waals surface area (Å²) in [5.41, 5.74) is 0.375. The Morgan fingerprint density at radius 1 is 1.73 bits per heavy atom. The molecule has 0 aromatic carbocycles. The summed E-state index contributed by atoms with van der Waals surface area (Å²) in [6, 6.07) is 1.52. The predicted molar refractivity (Wildman–Crippen MR) is 38.7 cm³/mol. The fourth-order valence-corrected chi connectivity index (χ4v) is 0.731. The Morgan fingerprint density at radius 3 is 2.91 bits per heavy atom. The van der Waals surface area contributed by atoms with Gasteiger partial charge in [-0.3, -0.25) is 0 Å². The second-order valence-electron chi connectivity index (χ2n) is 1.83. The number of nitrogens with zero attached hydrogens (tertiary/aromatic N) is 1. The number of aromatic nitrogens is 1. The summed E-state index contributed by atoms with van der Waals surface area (Å²) in [6.45, 7) is 0. The molecule has 0 atom stereocenters. The van der Waals surface area contributed by atoms with Crippen molar-refractivity contribution in [3.05, 3.63) is 23.8 Å². The zero-order valence-corrected chi connectivity index (χ0v) is 5.97. The maximum atomic E-state index is 12.7. The number of pyridine rings is 1. The van der Waals surface area contributed by atoms with Crippen molar-refractivity contribution >= 4 is 0 Å². The normalized spacial score (nSPS) is 8.82. The van der Waals surface area contributed by atoms with Gasteiger partial charge in [-0.05, 0) is 6.07 Å². The van der Waals surface area contributed by atoms with E-state index in [1.807, 2.05) is 0 Å². The first kappa shape index (κ1) is 7.55. The maximum absolute atomic E-state index is 12.7. The molecule has 11 heavy (non-hydrogen) atoms. The molecule has 0 bridgehead atoms. The summed E-state index contributed by atoms with van der Waals surface area (Å²) in [4.78, 5) is 3.37. The number of methoxy groups -OCH3 is 1. The molecule has 1 aromatic rings. The van der Waals surface area contributed by atoms with E-state index in [2.05, 4.69) is 15.6 Å². The van der Waals surface area contributed by atoms with E-state index in [1.54, 1.807) is 0 Å². The molecule has 0 N–H and O–H groups in total. The number of halogens is 1. The molecule has 0 fully saturated rings. The number of hydrogen-bond donors (Lipinski definition) is 0. The van der Waals surface area contributed by atoms with Gasteiger partial charge in [0.15, 0.2) is 5.75 Å². The van der Waals surface area contributed by atoms with Gasteiger partial charge in [0.2, 0.25) is 0 Å². The fourth-order valence-electron chi connectivity index (χ4n) is 0.731. The first-order chi connectivity index (χ1) is 5.29. The van der Waals surface area contributed by atoms with E-state index in [4.69, 9.17) is 6.42 Å². The van der Waals surface area contributed by atoms with Crippen molar-refractivity contribution in [2.24, 2.45) is 0 Å². The van der Waals surface area contributed by atoms with Crippen LogP contribution >= 0.6 is 0 Å². The lowest BCUT2D eigenvalue weighted by molar-refractivity contribution is 0.376. The Kier molecular flexibility index (Phi) is 2.07. The number of hydrogen-bond acceptors (Lipinski definition) is 2. The van der Waals surface area contributed by atoms with Gasteiger partial charge < -0.3 is 4.74 Å². The van der Waals surface area contributed by atoms with Crippen LogP contribution < -0.4 is 4.74 Å². The van der Waals surface area contributed by atoms with Crippen molar-refractivity contribution < 1.29 is 9.13 Å². The lowest BCUT2D eigenvalue weighted by Crippen LogP contribution is -1.93. The monoisotopic (exact) mass is 151 g/mol. The van der Waals surface area contributed by atoms with Crippen LogP contribution in [0.2, 0.25) is 0 Å². The van der Waals surface area contributed by atoms with Gasteiger partial charge in [0.05, 0.1) is 12.7 Å². The molecule has 0 saturated carbocycles. The van der Waals surface area contributed by atoms with Crippen molar-refractivity contribution in [2.45, 2.75) is 0 Å². The van der Waals surface area contributed by atoms with Crippen LogP contribution in [0.4, 0.5) is 4.39 Å². The van der Waals surface area contributed by atoms with Crippen LogP contribution in [-0.2, 0) is 0 Å². The van der Waals surface area contributed by atoms with E-state index in [1.165, 1.54) is 19.4 Å². The highest BCUT2D eigenvalue weighted by atomic mass is 19.1. The van der Waals surface area contributed by atoms with Gasteiger partial charge >= 0.3 is 0 Å². The van der Waals surface area contributed by atoms with E-state index in [0.29, 0.717) is 5.56 Å². The third-order valence-corrected chi connectivity index (χ3v) is 1.22. The van der Waals surface area contributed by atoms with Crippen molar-refractivity contribution in [1.29, 1.82) is 0 Å². The molecule has 0 aliphatic heterocycles. The van der Waals surface area contributed by atoms with E-state index < -0.39 is 5.95 Å². The molecule has 2 nitrogen and oxygen atoms in total. The van der Waals surface area contributed by atoms with Crippen LogP contribution in [0.5, 0.6) is 5.75 Å². The molecule has 1 heterocycles. The molecule has 0 spiro atoms. The van der Waals surface area contributed by atoms with Crippen LogP contribution in [0.3, 0.4) is 0 Å². The van der Waals surface area contributed by atoms with Crippen LogP contribution in [0, 0.1) is 18.3 Å². The average molecular weight is 151 g/mol. The molecular formula is C8H6FNO. The quantitative estimate of drug-likeness (QED) is 0.444. The Hall–Kier alpha value is -1.56. The summed E-state index contributed by atoms with van der Waals surface area (Å²) < 4.78 is 17.4. The number of rotatable bonds is 1. The van der Waals surface area contributed by atoms with Gasteiger partial charge in [-0.15, -0.1) is 6.42 Å². The third-order valence-electron chi connectivity index (χ3n) is 1.22. The first-order valence-electron chi connectivity index (χ1n) is 2.94. The summed E-state index contributed by atoms with van der Waals surface area (Å²) in [5.74, 6) is 1.63. The molecule has 0 aliphatic rings. The first-order valence-corrected chi connectivity index (χ1v) is 2.94. The van der Waals surface area contributed by atoms with Gasteiger partial charge in [0.25, 0.3) is 5.95 Å². The average Bonchev–Trinajstić information content (AvgIpc) is 2.04. The van der Waals surface area contributed by atoms with Crippen LogP contribution in [-0.4, -0.2) is 12.1 Å². The second-order valence-corrected chi connectivity index (χ2v) is 1.83. The standard InChI is InChI=1S/C8H6FNO/c1-3-6-4-5-10-8(9)7(6)11-2/h1,4-5H,2H3. The molecule has 0 amide bonds. The Bertz CT molecular complexity index is 303. The molecule has 1 rings (SSSR count). The molecule has 0 radical (unpaired) electrons. The van der Waals surface area contributed by atoms with Crippen molar-refractivity contribution in [3.8, 4) is 18.1 Å². The Morgan fingerprint density at radius 2 is 2.45 bits per heavy atom. The van der Waals surface area contributed by atoms with Crippen molar-refractivity contribution in [3.63, 3.8) is 0 Å². The van der Waals surface area contributed by atoms with Crippen LogP contribution in [0.25, 0.3) is 0 Å². The van der Waals surface area contributed by atoms with Crippen LogP contribution in [0.1, 0.15) is 5.56 Å². The SMILES string of the molecule is C#Cc1ccnc(F)c1OC. The lowest BCUT2D eigenvalue weighted by Gasteiger charge is -2.01. The molecule has 1 aromatic heterocycles. The van der Waals surface area contributed by atoms with Gasteiger partial charge in [0.1, 0.15) is 0 Å². The van der Waals surface area contributed by atoms with Gasteiger partial charge in [-0.1, -0.05) is 5.92 Å². The van der Waals surface area contributed by atoms with E-state index in [9.17, 15) is 4.39 Å². The zero-order valence-electron chi connectivity index (χ0n) is 5.97. The number of terminal acetylenes is 1. The minimum atomic E-state index is -0.678. The van der Waals surface area contributed by atoms with Gasteiger partial charge in [-0.2, -0.15) is 4.39 Å². The van der Waals surface area contributed by atoms with Gasteiger partial charge in [0, 0.05) is 6.20 Å². The molecule has 0 aliphatic carbocycles. The highest BCUT2D eigenvalue weighted by Crippen LogP contribution is 2.18. The zero-order chi connectivity index (χ0) is 8.27. The second kappa shape index (κ2) is 3.02. The molecule has 0 saturated heterocycles. The molecular weight excluding hydrogens is 145 g/mol. The smallest absolute Gasteiger partial charge is 0.256 e. The maximum Gasteiger partial charge on any atom is 0.256 e. The summed E-state index contributed by atoms with van der Waals surface area (Å²) >= 11 is 0. The predicted octanol–water partition coefficient (Wildman–Crippen LogP) is 1.21.